The molecule has 0 radical (unpaired) electrons. The van der Waals surface area contributed by atoms with Crippen LogP contribution in [-0.2, 0) is 9.53 Å². The number of nitrogens with zero attached hydrogens (tertiary/aromatic N) is 2. The highest BCUT2D eigenvalue weighted by Gasteiger charge is 2.27. The number of amides is 1. The summed E-state index contributed by atoms with van der Waals surface area (Å²) in [7, 11) is 0. The molecule has 0 spiro atoms. The lowest BCUT2D eigenvalue weighted by Crippen LogP contribution is -2.43. The van der Waals surface area contributed by atoms with E-state index in [-0.39, 0.29) is 17.9 Å². The zero-order valence-electron chi connectivity index (χ0n) is 13.9. The molecule has 134 valence electrons. The van der Waals surface area contributed by atoms with Gasteiger partial charge in [-0.25, -0.2) is 4.98 Å². The number of rotatable bonds is 3. The van der Waals surface area contributed by atoms with Gasteiger partial charge in [-0.05, 0) is 35.2 Å². The molecule has 0 bridgehead atoms. The second kappa shape index (κ2) is 6.93. The number of hydrogen-bond donors (Lipinski definition) is 3. The number of carbonyl (C=O) groups excluding carboxylic acids is 1. The number of H-pyrrole nitrogens is 1. The molecule has 1 amide bonds. The molecule has 2 saturated heterocycles. The first kappa shape index (κ1) is 16.8. The summed E-state index contributed by atoms with van der Waals surface area (Å²) in [4.78, 5) is 22.4. The molecule has 4 N–H and O–H groups in total. The number of fused-ring (bicyclic) bond motifs is 1. The zero-order chi connectivity index (χ0) is 17.4. The van der Waals surface area contributed by atoms with Crippen LogP contribution >= 0.6 is 15.9 Å². The fourth-order valence-electron chi connectivity index (χ4n) is 3.65. The molecule has 2 aliphatic rings. The number of nitrogens with two attached hydrogens (primary N) is 1. The standard InChI is InChI=1S/C17H22BrN5O2/c18-12-6-20-16-14(15(12)23-4-1-2-11(19)8-23)13(7-21-16)22-17(24)10-3-5-25-9-10/h6-7,10-11H,1-5,8-9,19H2,(H,20,21)(H,22,24)/t10?,11-/m1/s1. The first-order valence-electron chi connectivity index (χ1n) is 8.68. The van der Waals surface area contributed by atoms with Crippen molar-refractivity contribution in [3.63, 3.8) is 0 Å². The molecule has 2 aromatic heterocycles. The van der Waals surface area contributed by atoms with E-state index in [4.69, 9.17) is 10.5 Å². The Morgan fingerprint density at radius 2 is 2.36 bits per heavy atom. The molecule has 1 unspecified atom stereocenters. The number of anilines is 2. The molecule has 2 fully saturated rings. The van der Waals surface area contributed by atoms with Crippen LogP contribution in [0.15, 0.2) is 16.9 Å². The Kier molecular flexibility index (Phi) is 4.66. The number of carbonyl (C=O) groups is 1. The number of aromatic amines is 1. The van der Waals surface area contributed by atoms with Gasteiger partial charge >= 0.3 is 0 Å². The fraction of sp³-hybridized carbons (Fsp3) is 0.529. The van der Waals surface area contributed by atoms with E-state index >= 15 is 0 Å². The van der Waals surface area contributed by atoms with E-state index < -0.39 is 0 Å². The van der Waals surface area contributed by atoms with Crippen LogP contribution in [0.2, 0.25) is 0 Å². The molecule has 8 heteroatoms. The van der Waals surface area contributed by atoms with Crippen molar-refractivity contribution in [3.8, 4) is 0 Å². The average Bonchev–Trinajstić information content (AvgIpc) is 3.25. The van der Waals surface area contributed by atoms with Crippen LogP contribution in [0.25, 0.3) is 11.0 Å². The first-order valence-corrected chi connectivity index (χ1v) is 9.47. The molecule has 2 atom stereocenters. The van der Waals surface area contributed by atoms with E-state index in [1.54, 1.807) is 6.20 Å². The van der Waals surface area contributed by atoms with Gasteiger partial charge in [0.1, 0.15) is 5.65 Å². The van der Waals surface area contributed by atoms with Crippen molar-refractivity contribution in [2.75, 3.05) is 36.5 Å². The quantitative estimate of drug-likeness (QED) is 0.724. The van der Waals surface area contributed by atoms with Crippen LogP contribution in [0.3, 0.4) is 0 Å². The van der Waals surface area contributed by atoms with Gasteiger partial charge in [0, 0.05) is 38.1 Å². The second-order valence-corrected chi connectivity index (χ2v) is 7.63. The van der Waals surface area contributed by atoms with Gasteiger partial charge in [-0.3, -0.25) is 4.79 Å². The third-order valence-corrected chi connectivity index (χ3v) is 5.54. The van der Waals surface area contributed by atoms with Crippen LogP contribution in [-0.4, -0.2) is 48.2 Å². The lowest BCUT2D eigenvalue weighted by Gasteiger charge is -2.33. The van der Waals surface area contributed by atoms with Gasteiger partial charge in [0.05, 0.1) is 33.8 Å². The van der Waals surface area contributed by atoms with E-state index in [1.165, 1.54) is 0 Å². The average molecular weight is 408 g/mol. The summed E-state index contributed by atoms with van der Waals surface area (Å²) in [5.74, 6) is -0.0865. The molecule has 4 rings (SSSR count). The summed E-state index contributed by atoms with van der Waals surface area (Å²) >= 11 is 3.63. The lowest BCUT2D eigenvalue weighted by molar-refractivity contribution is -0.119. The van der Waals surface area contributed by atoms with Gasteiger partial charge in [0.25, 0.3) is 0 Å². The van der Waals surface area contributed by atoms with Crippen molar-refractivity contribution < 1.29 is 9.53 Å². The molecule has 0 saturated carbocycles. The number of aromatic nitrogens is 2. The Hall–Kier alpha value is -1.64. The molecule has 4 heterocycles. The van der Waals surface area contributed by atoms with Crippen LogP contribution in [0.5, 0.6) is 0 Å². The van der Waals surface area contributed by atoms with Gasteiger partial charge in [0.15, 0.2) is 0 Å². The van der Waals surface area contributed by atoms with Crippen LogP contribution in [0.1, 0.15) is 19.3 Å². The number of nitrogens with one attached hydrogen (secondary N) is 2. The smallest absolute Gasteiger partial charge is 0.229 e. The minimum atomic E-state index is -0.0862. The third-order valence-electron chi connectivity index (χ3n) is 4.96. The second-order valence-electron chi connectivity index (χ2n) is 6.78. The van der Waals surface area contributed by atoms with Crippen molar-refractivity contribution in [3.05, 3.63) is 16.9 Å². The zero-order valence-corrected chi connectivity index (χ0v) is 15.5. The number of halogens is 1. The van der Waals surface area contributed by atoms with Crippen LogP contribution < -0.4 is 16.0 Å². The molecule has 0 aliphatic carbocycles. The maximum absolute atomic E-state index is 12.5. The molecule has 0 aromatic carbocycles. The molecule has 7 nitrogen and oxygen atoms in total. The third kappa shape index (κ3) is 3.26. The summed E-state index contributed by atoms with van der Waals surface area (Å²) in [6, 6.07) is 0.163. The van der Waals surface area contributed by atoms with Gasteiger partial charge in [-0.2, -0.15) is 0 Å². The summed E-state index contributed by atoms with van der Waals surface area (Å²) < 4.78 is 6.23. The molecule has 25 heavy (non-hydrogen) atoms. The summed E-state index contributed by atoms with van der Waals surface area (Å²) in [5.41, 5.74) is 8.73. The molecule has 2 aromatic rings. The number of pyridine rings is 1. The van der Waals surface area contributed by atoms with Crippen molar-refractivity contribution in [2.45, 2.75) is 25.3 Å². The largest absolute Gasteiger partial charge is 0.381 e. The van der Waals surface area contributed by atoms with Gasteiger partial charge in [-0.15, -0.1) is 0 Å². The minimum Gasteiger partial charge on any atom is -0.381 e. The van der Waals surface area contributed by atoms with E-state index in [1.807, 2.05) is 6.20 Å². The topological polar surface area (TPSA) is 96.3 Å². The van der Waals surface area contributed by atoms with Crippen LogP contribution in [0, 0.1) is 5.92 Å². The minimum absolute atomic E-state index is 0.000305. The van der Waals surface area contributed by atoms with E-state index in [9.17, 15) is 4.79 Å². The Morgan fingerprint density at radius 3 is 3.12 bits per heavy atom. The number of ether oxygens (including phenoxy) is 1. The van der Waals surface area contributed by atoms with Gasteiger partial charge < -0.3 is 25.7 Å². The summed E-state index contributed by atoms with van der Waals surface area (Å²) in [5, 5.41) is 3.98. The van der Waals surface area contributed by atoms with Gasteiger partial charge in [-0.1, -0.05) is 0 Å². The highest BCUT2D eigenvalue weighted by atomic mass is 79.9. The van der Waals surface area contributed by atoms with Crippen molar-refractivity contribution in [1.82, 2.24) is 9.97 Å². The molecular formula is C17H22BrN5O2. The molecule has 2 aliphatic heterocycles. The lowest BCUT2D eigenvalue weighted by atomic mass is 10.0. The monoisotopic (exact) mass is 407 g/mol. The Labute approximate surface area is 154 Å². The normalized spacial score (nSPS) is 24.0. The predicted molar refractivity (Wildman–Crippen MR) is 101 cm³/mol. The highest BCUT2D eigenvalue weighted by molar-refractivity contribution is 9.10. The molecular weight excluding hydrogens is 386 g/mol. The predicted octanol–water partition coefficient (Wildman–Crippen LogP) is 2.23. The van der Waals surface area contributed by atoms with Crippen molar-refractivity contribution >= 4 is 44.2 Å². The van der Waals surface area contributed by atoms with Gasteiger partial charge in [0.2, 0.25) is 5.91 Å². The Morgan fingerprint density at radius 1 is 1.48 bits per heavy atom. The summed E-state index contributed by atoms with van der Waals surface area (Å²) in [6.07, 6.45) is 6.48. The first-order chi connectivity index (χ1) is 12.1. The van der Waals surface area contributed by atoms with Crippen LogP contribution in [0.4, 0.5) is 11.4 Å². The Balaban J connectivity index is 1.70. The maximum atomic E-state index is 12.5. The SMILES string of the molecule is N[C@@H]1CCCN(c2c(Br)cnc3[nH]cc(NC(=O)C4CCOC4)c23)C1. The van der Waals surface area contributed by atoms with Crippen molar-refractivity contribution in [1.29, 1.82) is 0 Å². The van der Waals surface area contributed by atoms with E-state index in [0.717, 1.165) is 59.2 Å². The number of hydrogen-bond acceptors (Lipinski definition) is 5. The van der Waals surface area contributed by atoms with E-state index in [0.29, 0.717) is 13.2 Å². The number of piperidine rings is 1. The maximum Gasteiger partial charge on any atom is 0.229 e. The van der Waals surface area contributed by atoms with E-state index in [2.05, 4.69) is 36.1 Å². The summed E-state index contributed by atoms with van der Waals surface area (Å²) in [6.45, 7) is 2.88. The van der Waals surface area contributed by atoms with Crippen molar-refractivity contribution in [2.24, 2.45) is 11.7 Å². The highest BCUT2D eigenvalue weighted by Crippen LogP contribution is 2.39. The fourth-order valence-corrected chi connectivity index (χ4v) is 4.20. The Bertz CT molecular complexity index is 787.